The van der Waals surface area contributed by atoms with Crippen molar-refractivity contribution in [3.63, 3.8) is 0 Å². The van der Waals surface area contributed by atoms with Crippen molar-refractivity contribution in [2.45, 2.75) is 0 Å². The molecule has 0 saturated heterocycles. The molecule has 0 radical (unpaired) electrons. The van der Waals surface area contributed by atoms with Gasteiger partial charge < -0.3 is 0 Å². The predicted molar refractivity (Wildman–Crippen MR) is 107 cm³/mol. The fourth-order valence-corrected chi connectivity index (χ4v) is 16.2. The average Bonchev–Trinajstić information content (AvgIpc) is 2.57. The summed E-state index contributed by atoms with van der Waals surface area (Å²) in [6.45, 7) is 0. The van der Waals surface area contributed by atoms with Crippen LogP contribution in [-0.4, -0.2) is 24.2 Å². The van der Waals surface area contributed by atoms with E-state index in [-0.39, 0.29) is 0 Å². The van der Waals surface area contributed by atoms with Gasteiger partial charge in [0.15, 0.2) is 0 Å². The van der Waals surface area contributed by atoms with Gasteiger partial charge in [-0.2, -0.15) is 0 Å². The van der Waals surface area contributed by atoms with Crippen LogP contribution in [-0.2, 0) is 0 Å². The fourth-order valence-electron chi connectivity index (χ4n) is 2.08. The molecular formula is C18H14Br2Se2. The summed E-state index contributed by atoms with van der Waals surface area (Å²) in [5.74, 6) is 0. The Labute approximate surface area is 154 Å². The SMILES string of the molecule is Br[Se](Br)(c1ccccc1)c1ccccc1[Se]c1ccccc1. The Hall–Kier alpha value is -0.341. The van der Waals surface area contributed by atoms with Crippen molar-refractivity contribution in [1.82, 2.24) is 0 Å². The van der Waals surface area contributed by atoms with Crippen LogP contribution in [0.1, 0.15) is 0 Å². The molecule has 0 N–H and O–H groups in total. The Morgan fingerprint density at radius 3 is 1.86 bits per heavy atom. The molecule has 22 heavy (non-hydrogen) atoms. The normalized spacial score (nSPS) is 12.1. The van der Waals surface area contributed by atoms with Gasteiger partial charge in [0.05, 0.1) is 0 Å². The summed E-state index contributed by atoms with van der Waals surface area (Å²) in [5.41, 5.74) is 0. The van der Waals surface area contributed by atoms with E-state index in [1.807, 2.05) is 0 Å². The molecule has 3 rings (SSSR count). The molecule has 0 heterocycles. The maximum atomic E-state index is 4.05. The van der Waals surface area contributed by atoms with Gasteiger partial charge in [-0.15, -0.1) is 0 Å². The second-order valence-corrected chi connectivity index (χ2v) is 25.5. The Morgan fingerprint density at radius 1 is 0.636 bits per heavy atom. The first kappa shape index (κ1) is 16.5. The van der Waals surface area contributed by atoms with Gasteiger partial charge in [0.1, 0.15) is 0 Å². The predicted octanol–water partition coefficient (Wildman–Crippen LogP) is 2.69. The van der Waals surface area contributed by atoms with E-state index in [2.05, 4.69) is 113 Å². The van der Waals surface area contributed by atoms with Gasteiger partial charge in [-0.1, -0.05) is 0 Å². The molecule has 4 heteroatoms. The molecule has 0 spiro atoms. The van der Waals surface area contributed by atoms with Crippen molar-refractivity contribution in [2.24, 2.45) is 0 Å². The van der Waals surface area contributed by atoms with Crippen molar-refractivity contribution in [2.75, 3.05) is 0 Å². The van der Waals surface area contributed by atoms with Gasteiger partial charge in [0.2, 0.25) is 0 Å². The summed E-state index contributed by atoms with van der Waals surface area (Å²) < 4.78 is 5.63. The minimum absolute atomic E-state index is 0.316. The van der Waals surface area contributed by atoms with Crippen LogP contribution in [0, 0.1) is 0 Å². The molecule has 3 aromatic rings. The molecule has 0 aliphatic heterocycles. The van der Waals surface area contributed by atoms with E-state index in [9.17, 15) is 0 Å². The van der Waals surface area contributed by atoms with Gasteiger partial charge in [-0.25, -0.2) is 0 Å². The molecule has 0 unspecified atom stereocenters. The summed E-state index contributed by atoms with van der Waals surface area (Å²) in [6.07, 6.45) is 0. The minimum atomic E-state index is -2.22. The van der Waals surface area contributed by atoms with E-state index >= 15 is 0 Å². The number of benzene rings is 3. The van der Waals surface area contributed by atoms with Crippen LogP contribution in [0.25, 0.3) is 0 Å². The molecule has 112 valence electrons. The Kier molecular flexibility index (Phi) is 5.62. The molecular weight excluding hydrogens is 534 g/mol. The number of halogens is 2. The Bertz CT molecular complexity index is 743. The second kappa shape index (κ2) is 7.49. The van der Waals surface area contributed by atoms with Crippen molar-refractivity contribution in [3.8, 4) is 0 Å². The first-order chi connectivity index (χ1) is 10.7. The van der Waals surface area contributed by atoms with Crippen LogP contribution in [0.3, 0.4) is 0 Å². The molecule has 0 aromatic heterocycles. The first-order valence-electron chi connectivity index (χ1n) is 6.77. The number of rotatable bonds is 4. The standard InChI is InChI=1S/C18H14Br2Se2/c19-22(20,16-11-5-2-6-12-16)18-14-8-7-13-17(18)21-15-9-3-1-4-10-15/h1-14H. The van der Waals surface area contributed by atoms with E-state index < -0.39 is 9.23 Å². The monoisotopic (exact) mass is 548 g/mol. The van der Waals surface area contributed by atoms with Gasteiger partial charge in [-0.3, -0.25) is 0 Å². The molecule has 0 atom stereocenters. The quantitative estimate of drug-likeness (QED) is 0.441. The van der Waals surface area contributed by atoms with Crippen LogP contribution in [0.2, 0.25) is 0 Å². The Morgan fingerprint density at radius 2 is 1.18 bits per heavy atom. The zero-order valence-electron chi connectivity index (χ0n) is 11.7. The van der Waals surface area contributed by atoms with Gasteiger partial charge in [0, 0.05) is 0 Å². The van der Waals surface area contributed by atoms with Crippen molar-refractivity contribution in [1.29, 1.82) is 0 Å². The van der Waals surface area contributed by atoms with Gasteiger partial charge >= 0.3 is 155 Å². The average molecular weight is 548 g/mol. The fraction of sp³-hybridized carbons (Fsp3) is 0. The third-order valence-corrected chi connectivity index (χ3v) is 17.3. The number of hydrogen-bond donors (Lipinski definition) is 0. The van der Waals surface area contributed by atoms with E-state index in [1.165, 1.54) is 17.8 Å². The summed E-state index contributed by atoms with van der Waals surface area (Å²) in [4.78, 5) is 0. The van der Waals surface area contributed by atoms with Crippen LogP contribution < -0.4 is 17.8 Å². The van der Waals surface area contributed by atoms with Crippen LogP contribution in [0.4, 0.5) is 0 Å². The molecule has 0 fully saturated rings. The molecule has 0 aliphatic carbocycles. The van der Waals surface area contributed by atoms with E-state index in [1.54, 1.807) is 0 Å². The number of hydrogen-bond acceptors (Lipinski definition) is 0. The summed E-state index contributed by atoms with van der Waals surface area (Å²) in [5, 5.41) is 0. The molecule has 0 aliphatic rings. The Balaban J connectivity index is 2.01. The zero-order chi connectivity index (χ0) is 15.4. The van der Waals surface area contributed by atoms with Crippen LogP contribution >= 0.6 is 28.2 Å². The second-order valence-electron chi connectivity index (χ2n) is 4.64. The zero-order valence-corrected chi connectivity index (χ0v) is 18.3. The first-order valence-corrected chi connectivity index (χ1v) is 18.2. The van der Waals surface area contributed by atoms with Gasteiger partial charge in [-0.05, 0) is 0 Å². The third kappa shape index (κ3) is 3.76. The molecule has 0 saturated carbocycles. The summed E-state index contributed by atoms with van der Waals surface area (Å²) >= 11 is 8.41. The molecule has 0 bridgehead atoms. The molecule has 0 nitrogen and oxygen atoms in total. The van der Waals surface area contributed by atoms with E-state index in [0.717, 1.165) is 0 Å². The third-order valence-electron chi connectivity index (χ3n) is 3.14. The topological polar surface area (TPSA) is 0 Å². The maximum absolute atomic E-state index is 4.05. The van der Waals surface area contributed by atoms with E-state index in [4.69, 9.17) is 0 Å². The van der Waals surface area contributed by atoms with Crippen molar-refractivity contribution in [3.05, 3.63) is 84.9 Å². The van der Waals surface area contributed by atoms with E-state index in [0.29, 0.717) is 15.0 Å². The van der Waals surface area contributed by atoms with Gasteiger partial charge in [0.25, 0.3) is 0 Å². The molecule has 0 amide bonds. The van der Waals surface area contributed by atoms with Crippen molar-refractivity contribution >= 4 is 70.3 Å². The summed E-state index contributed by atoms with van der Waals surface area (Å²) in [6, 6.07) is 30.2. The molecule has 3 aromatic carbocycles. The summed E-state index contributed by atoms with van der Waals surface area (Å²) in [7, 11) is -2.22. The van der Waals surface area contributed by atoms with Crippen molar-refractivity contribution < 1.29 is 0 Å². The van der Waals surface area contributed by atoms with Crippen LogP contribution in [0.15, 0.2) is 84.9 Å². The van der Waals surface area contributed by atoms with Crippen LogP contribution in [0.5, 0.6) is 0 Å².